The minimum absolute atomic E-state index is 0.122. The van der Waals surface area contributed by atoms with Crippen LogP contribution in [0.25, 0.3) is 0 Å². The van der Waals surface area contributed by atoms with Gasteiger partial charge in [0.1, 0.15) is 5.82 Å². The number of hydrogen-bond donors (Lipinski definition) is 2. The van der Waals surface area contributed by atoms with E-state index in [1.165, 1.54) is 0 Å². The summed E-state index contributed by atoms with van der Waals surface area (Å²) in [6.45, 7) is 6.27. The van der Waals surface area contributed by atoms with Crippen LogP contribution in [0.2, 0.25) is 0 Å². The summed E-state index contributed by atoms with van der Waals surface area (Å²) in [4.78, 5) is 4.34. The molecule has 3 nitrogen and oxygen atoms in total. The van der Waals surface area contributed by atoms with Crippen LogP contribution >= 0.6 is 15.9 Å². The molecule has 0 spiro atoms. The number of anilines is 1. The molecule has 1 rings (SSSR count). The van der Waals surface area contributed by atoms with Crippen molar-refractivity contribution in [3.05, 3.63) is 22.3 Å². The van der Waals surface area contributed by atoms with Crippen LogP contribution in [0.3, 0.4) is 0 Å². The predicted molar refractivity (Wildman–Crippen MR) is 70.7 cm³/mol. The zero-order chi connectivity index (χ0) is 12.2. The molecule has 0 aromatic carbocycles. The minimum atomic E-state index is -0.258. The van der Waals surface area contributed by atoms with E-state index in [0.717, 1.165) is 28.7 Å². The highest BCUT2D eigenvalue weighted by atomic mass is 79.9. The molecule has 0 saturated heterocycles. The molecular formula is C12H19BrN2O. The molecule has 0 aliphatic carbocycles. The number of rotatable bonds is 5. The third kappa shape index (κ3) is 2.95. The Labute approximate surface area is 105 Å². The first-order valence-corrected chi connectivity index (χ1v) is 6.37. The van der Waals surface area contributed by atoms with Gasteiger partial charge in [0.05, 0.1) is 12.1 Å². The van der Waals surface area contributed by atoms with E-state index >= 15 is 0 Å². The number of aromatic nitrogens is 1. The molecule has 0 atom stereocenters. The lowest BCUT2D eigenvalue weighted by Gasteiger charge is -2.32. The quantitative estimate of drug-likeness (QED) is 0.874. The molecule has 0 aliphatic rings. The van der Waals surface area contributed by atoms with Crippen molar-refractivity contribution in [3.63, 3.8) is 0 Å². The van der Waals surface area contributed by atoms with Gasteiger partial charge in [0, 0.05) is 10.7 Å². The summed E-state index contributed by atoms with van der Waals surface area (Å²) in [5, 5.41) is 12.8. The Balaban J connectivity index is 2.93. The van der Waals surface area contributed by atoms with Crippen LogP contribution in [0.4, 0.5) is 5.82 Å². The average molecular weight is 287 g/mol. The van der Waals surface area contributed by atoms with Gasteiger partial charge in [-0.1, -0.05) is 13.8 Å². The molecule has 0 saturated carbocycles. The molecule has 1 aromatic heterocycles. The second-order valence-electron chi connectivity index (χ2n) is 4.09. The Morgan fingerprint density at radius 1 is 1.44 bits per heavy atom. The van der Waals surface area contributed by atoms with Crippen LogP contribution < -0.4 is 5.32 Å². The van der Waals surface area contributed by atoms with Gasteiger partial charge in [-0.25, -0.2) is 4.98 Å². The highest BCUT2D eigenvalue weighted by Gasteiger charge is 2.25. The fourth-order valence-corrected chi connectivity index (χ4v) is 2.06. The smallest absolute Gasteiger partial charge is 0.129 e. The summed E-state index contributed by atoms with van der Waals surface area (Å²) in [6, 6.07) is 2.02. The number of pyridine rings is 1. The van der Waals surface area contributed by atoms with E-state index in [1.54, 1.807) is 6.20 Å². The fraction of sp³-hybridized carbons (Fsp3) is 0.583. The number of aliphatic hydroxyl groups is 1. The van der Waals surface area contributed by atoms with Crippen molar-refractivity contribution < 1.29 is 5.11 Å². The van der Waals surface area contributed by atoms with E-state index in [-0.39, 0.29) is 12.1 Å². The minimum Gasteiger partial charge on any atom is -0.394 e. The molecule has 2 N–H and O–H groups in total. The third-order valence-electron chi connectivity index (χ3n) is 3.08. The van der Waals surface area contributed by atoms with Gasteiger partial charge in [-0.05, 0) is 47.3 Å². The topological polar surface area (TPSA) is 45.1 Å². The molecule has 0 fully saturated rings. The van der Waals surface area contributed by atoms with E-state index < -0.39 is 0 Å². The van der Waals surface area contributed by atoms with Crippen molar-refractivity contribution in [2.24, 2.45) is 0 Å². The highest BCUT2D eigenvalue weighted by molar-refractivity contribution is 9.10. The van der Waals surface area contributed by atoms with Crippen molar-refractivity contribution in [1.29, 1.82) is 0 Å². The third-order valence-corrected chi connectivity index (χ3v) is 3.52. The van der Waals surface area contributed by atoms with Gasteiger partial charge in [-0.15, -0.1) is 0 Å². The number of halogens is 1. The van der Waals surface area contributed by atoms with E-state index in [2.05, 4.69) is 40.1 Å². The molecular weight excluding hydrogens is 268 g/mol. The largest absolute Gasteiger partial charge is 0.394 e. The second kappa shape index (κ2) is 5.64. The van der Waals surface area contributed by atoms with Crippen LogP contribution in [-0.4, -0.2) is 22.2 Å². The first-order valence-electron chi connectivity index (χ1n) is 5.58. The van der Waals surface area contributed by atoms with Crippen LogP contribution in [0.1, 0.15) is 32.3 Å². The van der Waals surface area contributed by atoms with Crippen molar-refractivity contribution in [2.45, 2.75) is 39.2 Å². The molecule has 0 unspecified atom stereocenters. The SMILES string of the molecule is CCC(CC)(CO)Nc1ncc(Br)cc1C. The number of aliphatic hydroxyl groups excluding tert-OH is 1. The Morgan fingerprint density at radius 2 is 2.06 bits per heavy atom. The van der Waals surface area contributed by atoms with Crippen molar-refractivity contribution in [2.75, 3.05) is 11.9 Å². The molecule has 0 bridgehead atoms. The summed E-state index contributed by atoms with van der Waals surface area (Å²) in [5.41, 5.74) is 0.820. The first-order chi connectivity index (χ1) is 7.56. The summed E-state index contributed by atoms with van der Waals surface area (Å²) in [7, 11) is 0. The van der Waals surface area contributed by atoms with Crippen LogP contribution in [0, 0.1) is 6.92 Å². The van der Waals surface area contributed by atoms with Crippen LogP contribution in [0.15, 0.2) is 16.7 Å². The maximum atomic E-state index is 9.48. The second-order valence-corrected chi connectivity index (χ2v) is 5.01. The fourth-order valence-electron chi connectivity index (χ4n) is 1.61. The number of aryl methyl sites for hydroxylation is 1. The predicted octanol–water partition coefficient (Wildman–Crippen LogP) is 3.12. The van der Waals surface area contributed by atoms with Crippen molar-refractivity contribution >= 4 is 21.7 Å². The maximum Gasteiger partial charge on any atom is 0.129 e. The Bertz CT molecular complexity index is 343. The number of nitrogens with zero attached hydrogens (tertiary/aromatic N) is 1. The standard InChI is InChI=1S/C12H19BrN2O/c1-4-12(5-2,8-16)15-11-9(3)6-10(13)7-14-11/h6-7,16H,4-5,8H2,1-3H3,(H,14,15). The first kappa shape index (κ1) is 13.5. The van der Waals surface area contributed by atoms with Gasteiger partial charge >= 0.3 is 0 Å². The molecule has 1 heterocycles. The molecule has 0 amide bonds. The monoisotopic (exact) mass is 286 g/mol. The Kier molecular flexibility index (Phi) is 4.74. The summed E-state index contributed by atoms with van der Waals surface area (Å²) in [5.74, 6) is 0.848. The molecule has 0 radical (unpaired) electrons. The molecule has 4 heteroatoms. The van der Waals surface area contributed by atoms with Gasteiger partial charge in [-0.3, -0.25) is 0 Å². The zero-order valence-corrected chi connectivity index (χ0v) is 11.6. The van der Waals surface area contributed by atoms with Gasteiger partial charge in [0.25, 0.3) is 0 Å². The molecule has 0 aliphatic heterocycles. The molecule has 16 heavy (non-hydrogen) atoms. The number of nitrogens with one attached hydrogen (secondary N) is 1. The summed E-state index contributed by atoms with van der Waals surface area (Å²) >= 11 is 3.39. The molecule has 90 valence electrons. The highest BCUT2D eigenvalue weighted by Crippen LogP contribution is 2.24. The average Bonchev–Trinajstić information content (AvgIpc) is 2.29. The maximum absolute atomic E-state index is 9.48. The lowest BCUT2D eigenvalue weighted by Crippen LogP contribution is -2.41. The van der Waals surface area contributed by atoms with E-state index in [4.69, 9.17) is 0 Å². The van der Waals surface area contributed by atoms with Gasteiger partial charge in [0.15, 0.2) is 0 Å². The van der Waals surface area contributed by atoms with Crippen LogP contribution in [0.5, 0.6) is 0 Å². The lowest BCUT2D eigenvalue weighted by molar-refractivity contribution is 0.202. The lowest BCUT2D eigenvalue weighted by atomic mass is 9.93. The van der Waals surface area contributed by atoms with Crippen molar-refractivity contribution in [1.82, 2.24) is 4.98 Å². The Hall–Kier alpha value is -0.610. The van der Waals surface area contributed by atoms with E-state index in [0.29, 0.717) is 0 Å². The van der Waals surface area contributed by atoms with Gasteiger partial charge < -0.3 is 10.4 Å². The van der Waals surface area contributed by atoms with Gasteiger partial charge in [0.2, 0.25) is 0 Å². The van der Waals surface area contributed by atoms with E-state index in [1.807, 2.05) is 13.0 Å². The Morgan fingerprint density at radius 3 is 2.50 bits per heavy atom. The van der Waals surface area contributed by atoms with Crippen LogP contribution in [-0.2, 0) is 0 Å². The summed E-state index contributed by atoms with van der Waals surface area (Å²) in [6.07, 6.45) is 3.51. The summed E-state index contributed by atoms with van der Waals surface area (Å²) < 4.78 is 0.971. The van der Waals surface area contributed by atoms with Crippen molar-refractivity contribution in [3.8, 4) is 0 Å². The normalized spacial score (nSPS) is 11.6. The van der Waals surface area contributed by atoms with E-state index in [9.17, 15) is 5.11 Å². The molecule has 1 aromatic rings. The van der Waals surface area contributed by atoms with Gasteiger partial charge in [-0.2, -0.15) is 0 Å². The number of hydrogen-bond acceptors (Lipinski definition) is 3. The zero-order valence-electron chi connectivity index (χ0n) is 10.0.